The SMILES string of the molecule is CN(C)c1nc(Br)c2nnn([C@H]3CCC[C@H]3O)c2n1. The molecule has 3 rings (SSSR count). The summed E-state index contributed by atoms with van der Waals surface area (Å²) in [5, 5.41) is 18.3. The van der Waals surface area contributed by atoms with E-state index in [0.29, 0.717) is 21.7 Å². The number of halogens is 1. The highest BCUT2D eigenvalue weighted by Crippen LogP contribution is 2.32. The molecular formula is C11H15BrN6O. The predicted molar refractivity (Wildman–Crippen MR) is 74.0 cm³/mol. The van der Waals surface area contributed by atoms with Crippen LogP contribution >= 0.6 is 15.9 Å². The maximum atomic E-state index is 10.0. The Labute approximate surface area is 118 Å². The van der Waals surface area contributed by atoms with E-state index in [1.54, 1.807) is 4.68 Å². The summed E-state index contributed by atoms with van der Waals surface area (Å²) in [6.45, 7) is 0. The normalized spacial score (nSPS) is 23.2. The van der Waals surface area contributed by atoms with Crippen LogP contribution in [-0.4, -0.2) is 50.3 Å². The third kappa shape index (κ3) is 2.08. The molecule has 0 radical (unpaired) electrons. The summed E-state index contributed by atoms with van der Waals surface area (Å²) < 4.78 is 2.35. The molecule has 2 aromatic rings. The Morgan fingerprint density at radius 2 is 2.11 bits per heavy atom. The van der Waals surface area contributed by atoms with Crippen molar-refractivity contribution >= 4 is 33.0 Å². The van der Waals surface area contributed by atoms with E-state index in [2.05, 4.69) is 36.2 Å². The zero-order valence-corrected chi connectivity index (χ0v) is 12.4. The summed E-state index contributed by atoms with van der Waals surface area (Å²) in [7, 11) is 3.76. The first-order valence-electron chi connectivity index (χ1n) is 6.21. The lowest BCUT2D eigenvalue weighted by atomic mass is 10.2. The van der Waals surface area contributed by atoms with E-state index in [1.807, 2.05) is 19.0 Å². The minimum absolute atomic E-state index is 0.0400. The van der Waals surface area contributed by atoms with Crippen LogP contribution in [0.3, 0.4) is 0 Å². The number of anilines is 1. The first-order valence-corrected chi connectivity index (χ1v) is 7.01. The number of rotatable bonds is 2. The van der Waals surface area contributed by atoms with Gasteiger partial charge >= 0.3 is 0 Å². The molecule has 2 aromatic heterocycles. The molecule has 7 nitrogen and oxygen atoms in total. The lowest BCUT2D eigenvalue weighted by Crippen LogP contribution is -2.20. The first kappa shape index (κ1) is 12.7. The molecule has 102 valence electrons. The van der Waals surface area contributed by atoms with Gasteiger partial charge in [0.2, 0.25) is 5.95 Å². The highest BCUT2D eigenvalue weighted by molar-refractivity contribution is 9.10. The van der Waals surface area contributed by atoms with Crippen LogP contribution in [0.1, 0.15) is 25.3 Å². The molecule has 0 saturated heterocycles. The molecule has 0 bridgehead atoms. The standard InChI is InChI=1S/C11H15BrN6O/c1-17(2)11-13-9(12)8-10(14-11)18(16-15-8)6-4-3-5-7(6)19/h6-7,19H,3-5H2,1-2H3/t6-,7+/m0/s1. The maximum Gasteiger partial charge on any atom is 0.228 e. The molecule has 0 aliphatic heterocycles. The largest absolute Gasteiger partial charge is 0.391 e. The summed E-state index contributed by atoms with van der Waals surface area (Å²) in [6.07, 6.45) is 2.33. The van der Waals surface area contributed by atoms with Gasteiger partial charge in [-0.1, -0.05) is 5.21 Å². The van der Waals surface area contributed by atoms with Gasteiger partial charge in [-0.25, -0.2) is 9.67 Å². The molecule has 1 fully saturated rings. The maximum absolute atomic E-state index is 10.0. The van der Waals surface area contributed by atoms with Crippen molar-refractivity contribution in [2.45, 2.75) is 31.4 Å². The van der Waals surface area contributed by atoms with Crippen molar-refractivity contribution in [3.63, 3.8) is 0 Å². The smallest absolute Gasteiger partial charge is 0.228 e. The van der Waals surface area contributed by atoms with Crippen molar-refractivity contribution in [2.24, 2.45) is 0 Å². The van der Waals surface area contributed by atoms with Gasteiger partial charge in [-0.3, -0.25) is 0 Å². The molecule has 1 N–H and O–H groups in total. The van der Waals surface area contributed by atoms with Gasteiger partial charge in [0.15, 0.2) is 11.2 Å². The Morgan fingerprint density at radius 1 is 1.32 bits per heavy atom. The van der Waals surface area contributed by atoms with E-state index in [4.69, 9.17) is 0 Å². The third-order valence-electron chi connectivity index (χ3n) is 3.43. The van der Waals surface area contributed by atoms with Gasteiger partial charge in [-0.15, -0.1) is 5.10 Å². The number of hydrogen-bond acceptors (Lipinski definition) is 6. The van der Waals surface area contributed by atoms with E-state index in [-0.39, 0.29) is 12.1 Å². The average molecular weight is 327 g/mol. The molecule has 2 atom stereocenters. The van der Waals surface area contributed by atoms with Crippen LogP contribution in [0.4, 0.5) is 5.95 Å². The Bertz CT molecular complexity index is 612. The van der Waals surface area contributed by atoms with Crippen LogP contribution in [0, 0.1) is 0 Å². The van der Waals surface area contributed by atoms with Crippen molar-refractivity contribution in [1.82, 2.24) is 25.0 Å². The van der Waals surface area contributed by atoms with E-state index in [1.165, 1.54) is 0 Å². The Balaban J connectivity index is 2.15. The number of aliphatic hydroxyl groups is 1. The number of hydrogen-bond donors (Lipinski definition) is 1. The van der Waals surface area contributed by atoms with Crippen LogP contribution < -0.4 is 4.90 Å². The van der Waals surface area contributed by atoms with Crippen molar-refractivity contribution in [3.05, 3.63) is 4.60 Å². The van der Waals surface area contributed by atoms with Crippen LogP contribution in [-0.2, 0) is 0 Å². The molecule has 0 unspecified atom stereocenters. The molecule has 2 heterocycles. The zero-order chi connectivity index (χ0) is 13.6. The highest BCUT2D eigenvalue weighted by atomic mass is 79.9. The van der Waals surface area contributed by atoms with Crippen LogP contribution in [0.25, 0.3) is 11.2 Å². The molecule has 1 aliphatic carbocycles. The third-order valence-corrected chi connectivity index (χ3v) is 3.98. The predicted octanol–water partition coefficient (Wildman–Crippen LogP) is 1.14. The fourth-order valence-electron chi connectivity index (χ4n) is 2.42. The molecule has 1 aliphatic rings. The monoisotopic (exact) mass is 326 g/mol. The summed E-state index contributed by atoms with van der Waals surface area (Å²) >= 11 is 3.40. The van der Waals surface area contributed by atoms with E-state index < -0.39 is 0 Å². The summed E-state index contributed by atoms with van der Waals surface area (Å²) in [5.41, 5.74) is 1.29. The van der Waals surface area contributed by atoms with E-state index in [0.717, 1.165) is 19.3 Å². The van der Waals surface area contributed by atoms with Gasteiger partial charge in [0, 0.05) is 14.1 Å². The second-order valence-corrected chi connectivity index (χ2v) is 5.73. The topological polar surface area (TPSA) is 80.0 Å². The minimum atomic E-state index is -0.374. The fourth-order valence-corrected chi connectivity index (χ4v) is 2.83. The molecule has 8 heteroatoms. The van der Waals surface area contributed by atoms with E-state index in [9.17, 15) is 5.11 Å². The van der Waals surface area contributed by atoms with Crippen LogP contribution in [0.15, 0.2) is 4.60 Å². The van der Waals surface area contributed by atoms with Gasteiger partial charge in [0.25, 0.3) is 0 Å². The van der Waals surface area contributed by atoms with Crippen molar-refractivity contribution in [1.29, 1.82) is 0 Å². The Hall–Kier alpha value is -1.28. The molecular weight excluding hydrogens is 312 g/mol. The van der Waals surface area contributed by atoms with Crippen molar-refractivity contribution in [2.75, 3.05) is 19.0 Å². The lowest BCUT2D eigenvalue weighted by molar-refractivity contribution is 0.131. The molecule has 0 spiro atoms. The van der Waals surface area contributed by atoms with Gasteiger partial charge in [0.1, 0.15) is 4.60 Å². The minimum Gasteiger partial charge on any atom is -0.391 e. The second-order valence-electron chi connectivity index (χ2n) is 4.98. The van der Waals surface area contributed by atoms with Crippen LogP contribution in [0.2, 0.25) is 0 Å². The fraction of sp³-hybridized carbons (Fsp3) is 0.636. The first-order chi connectivity index (χ1) is 9.08. The van der Waals surface area contributed by atoms with Gasteiger partial charge in [0.05, 0.1) is 12.1 Å². The molecule has 19 heavy (non-hydrogen) atoms. The van der Waals surface area contributed by atoms with E-state index >= 15 is 0 Å². The summed E-state index contributed by atoms with van der Waals surface area (Å²) in [5.74, 6) is 0.593. The van der Waals surface area contributed by atoms with Crippen molar-refractivity contribution < 1.29 is 5.11 Å². The number of nitrogens with zero attached hydrogens (tertiary/aromatic N) is 6. The summed E-state index contributed by atoms with van der Waals surface area (Å²) in [4.78, 5) is 10.6. The Kier molecular flexibility index (Phi) is 3.14. The van der Waals surface area contributed by atoms with Gasteiger partial charge in [-0.05, 0) is 35.2 Å². The van der Waals surface area contributed by atoms with Gasteiger partial charge in [-0.2, -0.15) is 4.98 Å². The highest BCUT2D eigenvalue weighted by Gasteiger charge is 2.30. The van der Waals surface area contributed by atoms with Crippen LogP contribution in [0.5, 0.6) is 0 Å². The summed E-state index contributed by atoms with van der Waals surface area (Å²) in [6, 6.07) is -0.0400. The number of aromatic nitrogens is 5. The molecule has 1 saturated carbocycles. The lowest BCUT2D eigenvalue weighted by Gasteiger charge is -2.15. The average Bonchev–Trinajstić information content (AvgIpc) is 2.94. The van der Waals surface area contributed by atoms with Crippen molar-refractivity contribution in [3.8, 4) is 0 Å². The number of fused-ring (bicyclic) bond motifs is 1. The second kappa shape index (κ2) is 4.68. The van der Waals surface area contributed by atoms with Gasteiger partial charge < -0.3 is 10.0 Å². The Morgan fingerprint density at radius 3 is 2.74 bits per heavy atom. The zero-order valence-electron chi connectivity index (χ0n) is 10.8. The quantitative estimate of drug-likeness (QED) is 0.833. The number of aliphatic hydroxyl groups excluding tert-OH is 1. The molecule has 0 amide bonds. The molecule has 0 aromatic carbocycles.